The number of nitrogen functional groups attached to an aromatic ring is 1. The minimum absolute atomic E-state index is 0.0427. The Hall–Kier alpha value is -2.34. The first kappa shape index (κ1) is 13.6. The van der Waals surface area contributed by atoms with Gasteiger partial charge in [0, 0.05) is 34.4 Å². The second kappa shape index (κ2) is 5.57. The third-order valence-corrected chi connectivity index (χ3v) is 3.92. The molecule has 2 aromatic heterocycles. The molecule has 5 nitrogen and oxygen atoms in total. The van der Waals surface area contributed by atoms with Crippen LogP contribution in [0, 0.1) is 6.92 Å². The predicted octanol–water partition coefficient (Wildman–Crippen LogP) is 2.82. The Kier molecular flexibility index (Phi) is 3.62. The number of para-hydroxylation sites is 1. The average molecular weight is 298 g/mol. The molecule has 6 heteroatoms. The van der Waals surface area contributed by atoms with Gasteiger partial charge in [-0.15, -0.1) is 0 Å². The number of nitrogens with one attached hydrogen (secondary N) is 1. The lowest BCUT2D eigenvalue weighted by atomic mass is 10.1. The molecule has 0 saturated heterocycles. The summed E-state index contributed by atoms with van der Waals surface area (Å²) in [4.78, 5) is 23.8. The molecule has 0 bridgehead atoms. The lowest BCUT2D eigenvalue weighted by Crippen LogP contribution is -2.03. The maximum Gasteiger partial charge on any atom is 0.190 e. The fraction of sp³-hybridized carbons (Fsp3) is 0.133. The van der Waals surface area contributed by atoms with E-state index in [1.807, 2.05) is 31.2 Å². The highest BCUT2D eigenvalue weighted by molar-refractivity contribution is 7.99. The molecular formula is C15H14N4OS. The summed E-state index contributed by atoms with van der Waals surface area (Å²) in [6, 6.07) is 9.44. The zero-order valence-electron chi connectivity index (χ0n) is 11.5. The fourth-order valence-electron chi connectivity index (χ4n) is 2.14. The second-order valence-corrected chi connectivity index (χ2v) is 5.62. The number of hydrogen-bond donors (Lipinski definition) is 2. The molecule has 3 N–H and O–H groups in total. The summed E-state index contributed by atoms with van der Waals surface area (Å²) >= 11 is 1.30. The number of anilines is 1. The van der Waals surface area contributed by atoms with Gasteiger partial charge >= 0.3 is 0 Å². The van der Waals surface area contributed by atoms with Crippen LogP contribution in [0.4, 0.5) is 5.82 Å². The number of nitrogens with two attached hydrogens (primary N) is 1. The molecular weight excluding hydrogens is 284 g/mol. The number of aromatic amines is 1. The molecule has 0 fully saturated rings. The monoisotopic (exact) mass is 298 g/mol. The van der Waals surface area contributed by atoms with E-state index >= 15 is 0 Å². The highest BCUT2D eigenvalue weighted by atomic mass is 32.2. The van der Waals surface area contributed by atoms with Gasteiger partial charge in [-0.2, -0.15) is 0 Å². The Morgan fingerprint density at radius 3 is 2.95 bits per heavy atom. The van der Waals surface area contributed by atoms with Crippen molar-refractivity contribution in [3.63, 3.8) is 0 Å². The zero-order valence-corrected chi connectivity index (χ0v) is 12.3. The van der Waals surface area contributed by atoms with Crippen LogP contribution >= 0.6 is 11.8 Å². The van der Waals surface area contributed by atoms with Crippen molar-refractivity contribution in [1.82, 2.24) is 15.0 Å². The van der Waals surface area contributed by atoms with Crippen molar-refractivity contribution >= 4 is 34.3 Å². The first-order valence-electron chi connectivity index (χ1n) is 6.47. The Morgan fingerprint density at radius 1 is 1.33 bits per heavy atom. The van der Waals surface area contributed by atoms with Crippen molar-refractivity contribution in [2.24, 2.45) is 0 Å². The number of carbonyl (C=O) groups excluding carboxylic acids is 1. The Labute approximate surface area is 126 Å². The summed E-state index contributed by atoms with van der Waals surface area (Å²) in [5, 5.41) is 1.47. The molecule has 0 spiro atoms. The van der Waals surface area contributed by atoms with Gasteiger partial charge in [-0.05, 0) is 13.0 Å². The quantitative estimate of drug-likeness (QED) is 0.439. The molecule has 0 saturated carbocycles. The van der Waals surface area contributed by atoms with Gasteiger partial charge in [0.2, 0.25) is 0 Å². The number of rotatable bonds is 4. The van der Waals surface area contributed by atoms with E-state index in [1.54, 1.807) is 12.3 Å². The van der Waals surface area contributed by atoms with Gasteiger partial charge in [0.15, 0.2) is 10.9 Å². The number of benzene rings is 1. The molecule has 0 amide bonds. The van der Waals surface area contributed by atoms with Crippen molar-refractivity contribution in [3.05, 3.63) is 47.8 Å². The van der Waals surface area contributed by atoms with E-state index in [0.717, 1.165) is 16.6 Å². The number of aryl methyl sites for hydroxylation is 1. The number of Topliss-reactive ketones (excluding diaryl/α,β-unsaturated/α-hetero) is 1. The third kappa shape index (κ3) is 2.90. The SMILES string of the molecule is Cc1cc(N)nc(SCC(=O)c2c[nH]c3ccccc23)n1. The van der Waals surface area contributed by atoms with Crippen LogP contribution in [0.15, 0.2) is 41.7 Å². The van der Waals surface area contributed by atoms with Gasteiger partial charge in [-0.3, -0.25) is 4.79 Å². The minimum atomic E-state index is 0.0427. The van der Waals surface area contributed by atoms with Crippen LogP contribution in [0.2, 0.25) is 0 Å². The standard InChI is InChI=1S/C15H14N4OS/c1-9-6-14(16)19-15(18-9)21-8-13(20)11-7-17-12-5-3-2-4-10(11)12/h2-7,17H,8H2,1H3,(H2,16,18,19). The number of thioether (sulfide) groups is 1. The topological polar surface area (TPSA) is 84.7 Å². The van der Waals surface area contributed by atoms with Crippen LogP contribution in [-0.2, 0) is 0 Å². The van der Waals surface area contributed by atoms with Crippen LogP contribution in [0.1, 0.15) is 16.1 Å². The largest absolute Gasteiger partial charge is 0.384 e. The van der Waals surface area contributed by atoms with Crippen LogP contribution in [0.3, 0.4) is 0 Å². The summed E-state index contributed by atoms with van der Waals surface area (Å²) in [6.45, 7) is 1.85. The molecule has 0 radical (unpaired) electrons. The lowest BCUT2D eigenvalue weighted by molar-refractivity contribution is 0.102. The van der Waals surface area contributed by atoms with Crippen molar-refractivity contribution in [3.8, 4) is 0 Å². The van der Waals surface area contributed by atoms with Crippen molar-refractivity contribution < 1.29 is 4.79 Å². The highest BCUT2D eigenvalue weighted by Crippen LogP contribution is 2.22. The number of aromatic nitrogens is 3. The Balaban J connectivity index is 1.77. The molecule has 0 aliphatic carbocycles. The Bertz CT molecular complexity index is 792. The summed E-state index contributed by atoms with van der Waals surface area (Å²) in [7, 11) is 0. The van der Waals surface area contributed by atoms with Crippen LogP contribution in [0.5, 0.6) is 0 Å². The summed E-state index contributed by atoms with van der Waals surface area (Å²) in [5.74, 6) is 0.746. The third-order valence-electron chi connectivity index (χ3n) is 3.08. The molecule has 0 aliphatic heterocycles. The fourth-order valence-corrected chi connectivity index (χ4v) is 2.93. The maximum absolute atomic E-state index is 12.3. The first-order chi connectivity index (χ1) is 10.1. The van der Waals surface area contributed by atoms with E-state index < -0.39 is 0 Å². The van der Waals surface area contributed by atoms with E-state index in [2.05, 4.69) is 15.0 Å². The van der Waals surface area contributed by atoms with Crippen molar-refractivity contribution in [1.29, 1.82) is 0 Å². The summed E-state index contributed by atoms with van der Waals surface area (Å²) in [6.07, 6.45) is 1.75. The molecule has 0 atom stereocenters. The molecule has 1 aromatic carbocycles. The lowest BCUT2D eigenvalue weighted by Gasteiger charge is -2.02. The minimum Gasteiger partial charge on any atom is -0.384 e. The Morgan fingerprint density at radius 2 is 2.14 bits per heavy atom. The number of carbonyl (C=O) groups is 1. The average Bonchev–Trinajstić information content (AvgIpc) is 2.88. The number of nitrogens with zero attached hydrogens (tertiary/aromatic N) is 2. The van der Waals surface area contributed by atoms with Crippen molar-refractivity contribution in [2.75, 3.05) is 11.5 Å². The van der Waals surface area contributed by atoms with Crippen LogP contribution in [-0.4, -0.2) is 26.5 Å². The highest BCUT2D eigenvalue weighted by Gasteiger charge is 2.13. The summed E-state index contributed by atoms with van der Waals surface area (Å²) in [5.41, 5.74) is 8.13. The molecule has 0 aliphatic rings. The molecule has 3 rings (SSSR count). The molecule has 106 valence electrons. The molecule has 2 heterocycles. The molecule has 21 heavy (non-hydrogen) atoms. The van der Waals surface area contributed by atoms with E-state index in [4.69, 9.17) is 5.73 Å². The molecule has 3 aromatic rings. The zero-order chi connectivity index (χ0) is 14.8. The van der Waals surface area contributed by atoms with Gasteiger partial charge in [0.25, 0.3) is 0 Å². The van der Waals surface area contributed by atoms with E-state index in [0.29, 0.717) is 16.5 Å². The second-order valence-electron chi connectivity index (χ2n) is 4.68. The number of ketones is 1. The maximum atomic E-state index is 12.3. The number of hydrogen-bond acceptors (Lipinski definition) is 5. The predicted molar refractivity (Wildman–Crippen MR) is 84.5 cm³/mol. The van der Waals surface area contributed by atoms with Gasteiger partial charge in [0.1, 0.15) is 5.82 Å². The van der Waals surface area contributed by atoms with E-state index in [-0.39, 0.29) is 11.5 Å². The van der Waals surface area contributed by atoms with Crippen molar-refractivity contribution in [2.45, 2.75) is 12.1 Å². The van der Waals surface area contributed by atoms with E-state index in [9.17, 15) is 4.79 Å². The first-order valence-corrected chi connectivity index (χ1v) is 7.45. The number of fused-ring (bicyclic) bond motifs is 1. The van der Waals surface area contributed by atoms with Crippen LogP contribution in [0.25, 0.3) is 10.9 Å². The van der Waals surface area contributed by atoms with Gasteiger partial charge in [0.05, 0.1) is 5.75 Å². The molecule has 0 unspecified atom stereocenters. The van der Waals surface area contributed by atoms with Gasteiger partial charge in [-0.25, -0.2) is 9.97 Å². The number of H-pyrrole nitrogens is 1. The summed E-state index contributed by atoms with van der Waals surface area (Å²) < 4.78 is 0. The van der Waals surface area contributed by atoms with E-state index in [1.165, 1.54) is 11.8 Å². The van der Waals surface area contributed by atoms with Crippen LogP contribution < -0.4 is 5.73 Å². The smallest absolute Gasteiger partial charge is 0.190 e. The van der Waals surface area contributed by atoms with Gasteiger partial charge in [-0.1, -0.05) is 30.0 Å². The van der Waals surface area contributed by atoms with Gasteiger partial charge < -0.3 is 10.7 Å². The normalized spacial score (nSPS) is 10.9.